The Balaban J connectivity index is 2.19. The molecule has 2 rings (SSSR count). The summed E-state index contributed by atoms with van der Waals surface area (Å²) in [5, 5.41) is 13.6. The zero-order chi connectivity index (χ0) is 19.5. The van der Waals surface area contributed by atoms with E-state index in [9.17, 15) is 19.2 Å². The van der Waals surface area contributed by atoms with E-state index in [2.05, 4.69) is 10.6 Å². The maximum atomic E-state index is 12.7. The third kappa shape index (κ3) is 4.19. The summed E-state index contributed by atoms with van der Waals surface area (Å²) in [7, 11) is 0. The quantitative estimate of drug-likeness (QED) is 0.633. The number of carboxylic acid groups (broad SMARTS) is 1. The van der Waals surface area contributed by atoms with Crippen LogP contribution in [0.25, 0.3) is 0 Å². The summed E-state index contributed by atoms with van der Waals surface area (Å²) < 4.78 is 0. The van der Waals surface area contributed by atoms with E-state index < -0.39 is 23.4 Å². The van der Waals surface area contributed by atoms with Gasteiger partial charge in [0.25, 0.3) is 11.8 Å². The highest BCUT2D eigenvalue weighted by molar-refractivity contribution is 6.07. The third-order valence-corrected chi connectivity index (χ3v) is 4.22. The summed E-state index contributed by atoms with van der Waals surface area (Å²) in [5.41, 5.74) is -0.231. The number of amides is 4. The van der Waals surface area contributed by atoms with Crippen LogP contribution in [0, 0.1) is 5.92 Å². The van der Waals surface area contributed by atoms with Crippen molar-refractivity contribution in [1.82, 2.24) is 15.5 Å². The minimum absolute atomic E-state index is 0.124. The molecule has 3 N–H and O–H groups in total. The van der Waals surface area contributed by atoms with Crippen LogP contribution < -0.4 is 10.6 Å². The summed E-state index contributed by atoms with van der Waals surface area (Å²) in [4.78, 5) is 48.4. The van der Waals surface area contributed by atoms with E-state index >= 15 is 0 Å². The SMILES string of the molecule is CC(C)CN(CCC(=O)O)C(=O)c1ccc([C@]2(C)NC(=O)NC2=O)cc1. The second-order valence-corrected chi connectivity index (χ2v) is 6.90. The average Bonchev–Trinajstić information content (AvgIpc) is 2.83. The van der Waals surface area contributed by atoms with Crippen LogP contribution in [-0.4, -0.2) is 46.9 Å². The van der Waals surface area contributed by atoms with Crippen LogP contribution in [0.15, 0.2) is 24.3 Å². The molecule has 1 aliphatic heterocycles. The number of hydrogen-bond donors (Lipinski definition) is 3. The summed E-state index contributed by atoms with van der Waals surface area (Å²) in [6.45, 7) is 6.06. The van der Waals surface area contributed by atoms with Crippen molar-refractivity contribution in [3.8, 4) is 0 Å². The zero-order valence-corrected chi connectivity index (χ0v) is 15.0. The fourth-order valence-corrected chi connectivity index (χ4v) is 2.82. The molecule has 1 aromatic carbocycles. The summed E-state index contributed by atoms with van der Waals surface area (Å²) in [5.74, 6) is -1.48. The van der Waals surface area contributed by atoms with Gasteiger partial charge < -0.3 is 15.3 Å². The molecule has 140 valence electrons. The number of imide groups is 1. The van der Waals surface area contributed by atoms with Gasteiger partial charge in [0.15, 0.2) is 0 Å². The first-order chi connectivity index (χ1) is 12.1. The average molecular weight is 361 g/mol. The van der Waals surface area contributed by atoms with Gasteiger partial charge >= 0.3 is 12.0 Å². The van der Waals surface area contributed by atoms with Gasteiger partial charge in [-0.2, -0.15) is 0 Å². The zero-order valence-electron chi connectivity index (χ0n) is 15.0. The Kier molecular flexibility index (Phi) is 5.64. The number of aliphatic carboxylic acids is 1. The fourth-order valence-electron chi connectivity index (χ4n) is 2.82. The number of hydrogen-bond acceptors (Lipinski definition) is 4. The molecular formula is C18H23N3O5. The molecular weight excluding hydrogens is 338 g/mol. The number of rotatable bonds is 7. The first-order valence-electron chi connectivity index (χ1n) is 8.38. The lowest BCUT2D eigenvalue weighted by molar-refractivity contribution is -0.137. The molecule has 1 aromatic rings. The van der Waals surface area contributed by atoms with Gasteiger partial charge in [0.1, 0.15) is 5.54 Å². The first kappa shape index (κ1) is 19.4. The largest absolute Gasteiger partial charge is 0.481 e. The standard InChI is InChI=1S/C18H23N3O5/c1-11(2)10-21(9-8-14(22)23)15(24)12-4-6-13(7-5-12)18(3)16(25)19-17(26)20-18/h4-7,11H,8-10H2,1-3H3,(H,22,23)(H2,19,20,25,26)/t18-/m0/s1. The number of nitrogens with zero attached hydrogens (tertiary/aromatic N) is 1. The number of carbonyl (C=O) groups excluding carboxylic acids is 3. The Labute approximate surface area is 151 Å². The van der Waals surface area contributed by atoms with Gasteiger partial charge in [0.2, 0.25) is 0 Å². The van der Waals surface area contributed by atoms with Crippen molar-refractivity contribution < 1.29 is 24.3 Å². The van der Waals surface area contributed by atoms with Crippen LogP contribution in [0.4, 0.5) is 4.79 Å². The van der Waals surface area contributed by atoms with Crippen molar-refractivity contribution >= 4 is 23.8 Å². The second-order valence-electron chi connectivity index (χ2n) is 6.90. The van der Waals surface area contributed by atoms with Crippen molar-refractivity contribution in [1.29, 1.82) is 0 Å². The van der Waals surface area contributed by atoms with Gasteiger partial charge in [-0.1, -0.05) is 26.0 Å². The summed E-state index contributed by atoms with van der Waals surface area (Å²) in [6, 6.07) is 5.82. The van der Waals surface area contributed by atoms with E-state index in [1.54, 1.807) is 31.2 Å². The van der Waals surface area contributed by atoms with E-state index in [0.717, 1.165) is 0 Å². The second kappa shape index (κ2) is 7.55. The molecule has 8 heteroatoms. The monoisotopic (exact) mass is 361 g/mol. The molecule has 1 saturated heterocycles. The predicted molar refractivity (Wildman–Crippen MR) is 93.5 cm³/mol. The Morgan fingerprint density at radius 3 is 2.27 bits per heavy atom. The molecule has 0 aliphatic carbocycles. The topological polar surface area (TPSA) is 116 Å². The van der Waals surface area contributed by atoms with Crippen molar-refractivity contribution in [2.75, 3.05) is 13.1 Å². The van der Waals surface area contributed by atoms with Crippen LogP contribution in [0.5, 0.6) is 0 Å². The van der Waals surface area contributed by atoms with Gasteiger partial charge in [0.05, 0.1) is 6.42 Å². The maximum absolute atomic E-state index is 12.7. The predicted octanol–water partition coefficient (Wildman–Crippen LogP) is 1.31. The maximum Gasteiger partial charge on any atom is 0.322 e. The number of carboxylic acids is 1. The smallest absolute Gasteiger partial charge is 0.322 e. The molecule has 0 unspecified atom stereocenters. The highest BCUT2D eigenvalue weighted by Crippen LogP contribution is 2.25. The van der Waals surface area contributed by atoms with Crippen LogP contribution in [0.1, 0.15) is 43.1 Å². The highest BCUT2D eigenvalue weighted by atomic mass is 16.4. The molecule has 1 heterocycles. The van der Waals surface area contributed by atoms with Gasteiger partial charge in [0, 0.05) is 18.7 Å². The van der Waals surface area contributed by atoms with Gasteiger partial charge in [-0.25, -0.2) is 4.79 Å². The van der Waals surface area contributed by atoms with Gasteiger partial charge in [-0.15, -0.1) is 0 Å². The molecule has 1 fully saturated rings. The van der Waals surface area contributed by atoms with E-state index in [0.29, 0.717) is 17.7 Å². The normalized spacial score (nSPS) is 19.2. The Morgan fingerprint density at radius 2 is 1.81 bits per heavy atom. The third-order valence-electron chi connectivity index (χ3n) is 4.22. The van der Waals surface area contributed by atoms with Crippen LogP contribution in [-0.2, 0) is 15.1 Å². The Morgan fingerprint density at radius 1 is 1.19 bits per heavy atom. The van der Waals surface area contributed by atoms with Crippen LogP contribution in [0.2, 0.25) is 0 Å². The number of nitrogens with one attached hydrogen (secondary N) is 2. The Bertz CT molecular complexity index is 729. The summed E-state index contributed by atoms with van der Waals surface area (Å²) in [6.07, 6.45) is -0.124. The number of carbonyl (C=O) groups is 4. The molecule has 1 aliphatic rings. The van der Waals surface area contributed by atoms with Crippen molar-refractivity contribution in [2.24, 2.45) is 5.92 Å². The number of urea groups is 1. The van der Waals surface area contributed by atoms with E-state index in [1.165, 1.54) is 4.90 Å². The minimum Gasteiger partial charge on any atom is -0.481 e. The number of benzene rings is 1. The van der Waals surface area contributed by atoms with Crippen molar-refractivity contribution in [3.05, 3.63) is 35.4 Å². The molecule has 0 saturated carbocycles. The van der Waals surface area contributed by atoms with Crippen molar-refractivity contribution in [2.45, 2.75) is 32.7 Å². The minimum atomic E-state index is -1.18. The molecule has 1 atom stereocenters. The van der Waals surface area contributed by atoms with E-state index in [1.807, 2.05) is 13.8 Å². The summed E-state index contributed by atoms with van der Waals surface area (Å²) >= 11 is 0. The molecule has 0 spiro atoms. The molecule has 0 bridgehead atoms. The lowest BCUT2D eigenvalue weighted by Gasteiger charge is -2.25. The molecule has 0 radical (unpaired) electrons. The van der Waals surface area contributed by atoms with E-state index in [-0.39, 0.29) is 24.8 Å². The lowest BCUT2D eigenvalue weighted by atomic mass is 9.91. The Hall–Kier alpha value is -2.90. The van der Waals surface area contributed by atoms with Gasteiger partial charge in [-0.05, 0) is 30.5 Å². The molecule has 26 heavy (non-hydrogen) atoms. The lowest BCUT2D eigenvalue weighted by Crippen LogP contribution is -2.40. The van der Waals surface area contributed by atoms with Gasteiger partial charge in [-0.3, -0.25) is 19.7 Å². The fraction of sp³-hybridized carbons (Fsp3) is 0.444. The molecule has 8 nitrogen and oxygen atoms in total. The molecule has 4 amide bonds. The molecule has 0 aromatic heterocycles. The highest BCUT2D eigenvalue weighted by Gasteiger charge is 2.43. The first-order valence-corrected chi connectivity index (χ1v) is 8.38. The van der Waals surface area contributed by atoms with Crippen LogP contribution in [0.3, 0.4) is 0 Å². The van der Waals surface area contributed by atoms with Crippen LogP contribution >= 0.6 is 0 Å². The van der Waals surface area contributed by atoms with E-state index in [4.69, 9.17) is 5.11 Å². The van der Waals surface area contributed by atoms with Crippen molar-refractivity contribution in [3.63, 3.8) is 0 Å².